The SMILES string of the molecule is CC(=O)Nc1ccc(C=Nc2ccc(C(=O)O)cc2)s1. The van der Waals surface area contributed by atoms with Crippen LogP contribution in [0.4, 0.5) is 10.7 Å². The average molecular weight is 288 g/mol. The van der Waals surface area contributed by atoms with Gasteiger partial charge in [0, 0.05) is 18.0 Å². The number of nitrogens with zero attached hydrogens (tertiary/aromatic N) is 1. The van der Waals surface area contributed by atoms with Gasteiger partial charge < -0.3 is 10.4 Å². The smallest absolute Gasteiger partial charge is 0.335 e. The second-order valence-electron chi connectivity index (χ2n) is 3.99. The van der Waals surface area contributed by atoms with E-state index in [-0.39, 0.29) is 11.5 Å². The maximum Gasteiger partial charge on any atom is 0.335 e. The van der Waals surface area contributed by atoms with Crippen LogP contribution in [0.3, 0.4) is 0 Å². The Morgan fingerprint density at radius 2 is 1.90 bits per heavy atom. The fourth-order valence-corrected chi connectivity index (χ4v) is 2.32. The summed E-state index contributed by atoms with van der Waals surface area (Å²) >= 11 is 1.41. The van der Waals surface area contributed by atoms with Crippen LogP contribution < -0.4 is 5.32 Å². The molecule has 0 bridgehead atoms. The van der Waals surface area contributed by atoms with E-state index in [0.717, 1.165) is 9.88 Å². The monoisotopic (exact) mass is 288 g/mol. The first-order chi connectivity index (χ1) is 9.54. The lowest BCUT2D eigenvalue weighted by Crippen LogP contribution is -2.03. The number of amides is 1. The summed E-state index contributed by atoms with van der Waals surface area (Å²) in [5, 5.41) is 12.2. The van der Waals surface area contributed by atoms with Crippen molar-refractivity contribution in [2.75, 3.05) is 5.32 Å². The number of aromatic carboxylic acids is 1. The average Bonchev–Trinajstić information content (AvgIpc) is 2.83. The first-order valence-electron chi connectivity index (χ1n) is 5.79. The number of carbonyl (C=O) groups is 2. The van der Waals surface area contributed by atoms with Crippen LogP contribution in [0.1, 0.15) is 22.2 Å². The number of carboxylic acid groups (broad SMARTS) is 1. The number of nitrogens with one attached hydrogen (secondary N) is 1. The van der Waals surface area contributed by atoms with Crippen LogP contribution in [0.15, 0.2) is 41.4 Å². The van der Waals surface area contributed by atoms with Crippen molar-refractivity contribution in [1.29, 1.82) is 0 Å². The number of carboxylic acids is 1. The number of anilines is 1. The van der Waals surface area contributed by atoms with Crippen LogP contribution in [-0.4, -0.2) is 23.2 Å². The van der Waals surface area contributed by atoms with Gasteiger partial charge in [-0.25, -0.2) is 4.79 Å². The molecular formula is C14H12N2O3S. The number of rotatable bonds is 4. The highest BCUT2D eigenvalue weighted by Gasteiger charge is 2.01. The van der Waals surface area contributed by atoms with Crippen molar-refractivity contribution in [3.63, 3.8) is 0 Å². The molecule has 6 heteroatoms. The Labute approximate surface area is 119 Å². The van der Waals surface area contributed by atoms with Crippen LogP contribution in [0.25, 0.3) is 0 Å². The van der Waals surface area contributed by atoms with Gasteiger partial charge in [0.2, 0.25) is 5.91 Å². The minimum absolute atomic E-state index is 0.111. The maximum absolute atomic E-state index is 10.9. The van der Waals surface area contributed by atoms with E-state index in [1.54, 1.807) is 24.4 Å². The number of hydrogen-bond acceptors (Lipinski definition) is 4. The number of hydrogen-bond donors (Lipinski definition) is 2. The highest BCUT2D eigenvalue weighted by Crippen LogP contribution is 2.21. The number of aliphatic imine (C=N–C) groups is 1. The van der Waals surface area contributed by atoms with Gasteiger partial charge in [-0.1, -0.05) is 0 Å². The van der Waals surface area contributed by atoms with E-state index in [2.05, 4.69) is 10.3 Å². The number of thiophene rings is 1. The summed E-state index contributed by atoms with van der Waals surface area (Å²) < 4.78 is 0. The molecule has 5 nitrogen and oxygen atoms in total. The Kier molecular flexibility index (Phi) is 4.27. The quantitative estimate of drug-likeness (QED) is 0.848. The maximum atomic E-state index is 10.9. The second-order valence-corrected chi connectivity index (χ2v) is 5.11. The van der Waals surface area contributed by atoms with Crippen LogP contribution in [0.5, 0.6) is 0 Å². The van der Waals surface area contributed by atoms with E-state index in [0.29, 0.717) is 5.69 Å². The summed E-state index contributed by atoms with van der Waals surface area (Å²) in [6.45, 7) is 1.46. The number of benzene rings is 1. The third-order valence-corrected chi connectivity index (χ3v) is 3.32. The molecule has 0 spiro atoms. The summed E-state index contributed by atoms with van der Waals surface area (Å²) in [5.41, 5.74) is 0.900. The van der Waals surface area contributed by atoms with Crippen molar-refractivity contribution in [3.05, 3.63) is 46.8 Å². The molecule has 102 valence electrons. The van der Waals surface area contributed by atoms with Crippen molar-refractivity contribution in [1.82, 2.24) is 0 Å². The predicted molar refractivity (Wildman–Crippen MR) is 79.3 cm³/mol. The Morgan fingerprint density at radius 1 is 1.20 bits per heavy atom. The normalized spacial score (nSPS) is 10.7. The van der Waals surface area contributed by atoms with Gasteiger partial charge in [-0.05, 0) is 36.4 Å². The van der Waals surface area contributed by atoms with E-state index >= 15 is 0 Å². The molecule has 0 saturated heterocycles. The largest absolute Gasteiger partial charge is 0.478 e. The van der Waals surface area contributed by atoms with E-state index < -0.39 is 5.97 Å². The fourth-order valence-electron chi connectivity index (χ4n) is 1.49. The zero-order valence-electron chi connectivity index (χ0n) is 10.7. The lowest BCUT2D eigenvalue weighted by atomic mass is 10.2. The van der Waals surface area contributed by atoms with Gasteiger partial charge in [-0.2, -0.15) is 0 Å². The molecule has 2 rings (SSSR count). The van der Waals surface area contributed by atoms with E-state index in [1.165, 1.54) is 30.4 Å². The molecule has 2 aromatic rings. The third kappa shape index (κ3) is 3.76. The first-order valence-corrected chi connectivity index (χ1v) is 6.61. The summed E-state index contributed by atoms with van der Waals surface area (Å²) in [5.74, 6) is -1.07. The van der Waals surface area contributed by atoms with Crippen molar-refractivity contribution >= 4 is 40.1 Å². The molecular weight excluding hydrogens is 276 g/mol. The van der Waals surface area contributed by atoms with Crippen LogP contribution in [0, 0.1) is 0 Å². The molecule has 0 aliphatic carbocycles. The van der Waals surface area contributed by atoms with Gasteiger partial charge in [-0.3, -0.25) is 9.79 Å². The lowest BCUT2D eigenvalue weighted by molar-refractivity contribution is -0.114. The molecule has 2 N–H and O–H groups in total. The van der Waals surface area contributed by atoms with Crippen LogP contribution in [-0.2, 0) is 4.79 Å². The van der Waals surface area contributed by atoms with E-state index in [4.69, 9.17) is 5.11 Å². The fraction of sp³-hybridized carbons (Fsp3) is 0.0714. The van der Waals surface area contributed by atoms with Gasteiger partial charge in [-0.15, -0.1) is 11.3 Å². The van der Waals surface area contributed by atoms with Crippen molar-refractivity contribution in [2.45, 2.75) is 6.92 Å². The van der Waals surface area contributed by atoms with Gasteiger partial charge >= 0.3 is 5.97 Å². The van der Waals surface area contributed by atoms with Gasteiger partial charge in [0.25, 0.3) is 0 Å². The molecule has 0 aliphatic rings. The molecule has 0 aliphatic heterocycles. The molecule has 20 heavy (non-hydrogen) atoms. The highest BCUT2D eigenvalue weighted by molar-refractivity contribution is 7.17. The Hall–Kier alpha value is -2.47. The summed E-state index contributed by atoms with van der Waals surface area (Å²) in [7, 11) is 0. The zero-order chi connectivity index (χ0) is 14.5. The highest BCUT2D eigenvalue weighted by atomic mass is 32.1. The molecule has 0 saturated carbocycles. The molecule has 1 aromatic heterocycles. The van der Waals surface area contributed by atoms with Crippen LogP contribution >= 0.6 is 11.3 Å². The summed E-state index contributed by atoms with van der Waals surface area (Å²) in [4.78, 5) is 26.8. The summed E-state index contributed by atoms with van der Waals surface area (Å²) in [6.07, 6.45) is 1.67. The molecule has 1 amide bonds. The summed E-state index contributed by atoms with van der Waals surface area (Å²) in [6, 6.07) is 9.95. The first kappa shape index (κ1) is 14.0. The second kappa shape index (κ2) is 6.12. The molecule has 1 heterocycles. The van der Waals surface area contributed by atoms with Gasteiger partial charge in [0.1, 0.15) is 0 Å². The van der Waals surface area contributed by atoms with E-state index in [9.17, 15) is 9.59 Å². The number of carbonyl (C=O) groups excluding carboxylic acids is 1. The minimum atomic E-state index is -0.960. The standard InChI is InChI=1S/C14H12N2O3S/c1-9(17)16-13-7-6-12(20-13)8-15-11-4-2-10(3-5-11)14(18)19/h2-8H,1H3,(H,16,17)(H,18,19). The topological polar surface area (TPSA) is 78.8 Å². The van der Waals surface area contributed by atoms with Crippen molar-refractivity contribution in [3.8, 4) is 0 Å². The van der Waals surface area contributed by atoms with Crippen LogP contribution in [0.2, 0.25) is 0 Å². The lowest BCUT2D eigenvalue weighted by Gasteiger charge is -1.95. The molecule has 0 unspecified atom stereocenters. The Balaban J connectivity index is 2.07. The third-order valence-electron chi connectivity index (χ3n) is 2.38. The van der Waals surface area contributed by atoms with E-state index in [1.807, 2.05) is 6.07 Å². The molecule has 0 radical (unpaired) electrons. The van der Waals surface area contributed by atoms with Gasteiger partial charge in [0.15, 0.2) is 0 Å². The molecule has 1 aromatic carbocycles. The Morgan fingerprint density at radius 3 is 2.50 bits per heavy atom. The minimum Gasteiger partial charge on any atom is -0.478 e. The molecule has 0 fully saturated rings. The van der Waals surface area contributed by atoms with Gasteiger partial charge in [0.05, 0.1) is 16.3 Å². The Bertz CT molecular complexity index is 659. The zero-order valence-corrected chi connectivity index (χ0v) is 11.5. The van der Waals surface area contributed by atoms with Crippen molar-refractivity contribution in [2.24, 2.45) is 4.99 Å². The van der Waals surface area contributed by atoms with Crippen molar-refractivity contribution < 1.29 is 14.7 Å². The molecule has 0 atom stereocenters. The predicted octanol–water partition coefficient (Wildman–Crippen LogP) is 3.16.